The van der Waals surface area contributed by atoms with Crippen LogP contribution in [0.1, 0.15) is 57.1 Å². The van der Waals surface area contributed by atoms with Crippen LogP contribution in [-0.4, -0.2) is 12.6 Å². The molecule has 1 aromatic carbocycles. The van der Waals surface area contributed by atoms with E-state index in [4.69, 9.17) is 10.5 Å². The molecule has 0 radical (unpaired) electrons. The van der Waals surface area contributed by atoms with Crippen molar-refractivity contribution in [2.24, 2.45) is 5.73 Å². The van der Waals surface area contributed by atoms with Gasteiger partial charge in [-0.25, -0.2) is 0 Å². The highest BCUT2D eigenvalue weighted by molar-refractivity contribution is 5.36. The highest BCUT2D eigenvalue weighted by Crippen LogP contribution is 2.27. The van der Waals surface area contributed by atoms with Crippen molar-refractivity contribution in [3.05, 3.63) is 29.3 Å². The molecule has 0 saturated heterocycles. The van der Waals surface area contributed by atoms with Crippen LogP contribution in [0.4, 0.5) is 0 Å². The molecule has 2 atom stereocenters. The largest absolute Gasteiger partial charge is 0.494 e. The van der Waals surface area contributed by atoms with Gasteiger partial charge in [0.1, 0.15) is 5.75 Å². The van der Waals surface area contributed by atoms with Crippen molar-refractivity contribution in [3.63, 3.8) is 0 Å². The Hall–Kier alpha value is -1.02. The molecular weight excluding hydrogens is 222 g/mol. The number of hydrogen-bond donors (Lipinski definition) is 1. The van der Waals surface area contributed by atoms with E-state index in [1.54, 1.807) is 0 Å². The van der Waals surface area contributed by atoms with Crippen molar-refractivity contribution in [2.75, 3.05) is 6.61 Å². The number of rotatable bonds is 7. The summed E-state index contributed by atoms with van der Waals surface area (Å²) in [6, 6.07) is 6.75. The number of ether oxygens (including phenoxy) is 1. The topological polar surface area (TPSA) is 35.2 Å². The average Bonchev–Trinajstić information content (AvgIpc) is 2.36. The van der Waals surface area contributed by atoms with Gasteiger partial charge in [-0.3, -0.25) is 0 Å². The third kappa shape index (κ3) is 4.34. The number of benzene rings is 1. The van der Waals surface area contributed by atoms with Gasteiger partial charge in [0.25, 0.3) is 0 Å². The zero-order valence-electron chi connectivity index (χ0n) is 12.2. The predicted molar refractivity (Wildman–Crippen MR) is 78.3 cm³/mol. The van der Waals surface area contributed by atoms with E-state index in [1.165, 1.54) is 11.1 Å². The Morgan fingerprint density at radius 2 is 1.94 bits per heavy atom. The molecule has 2 unspecified atom stereocenters. The van der Waals surface area contributed by atoms with Gasteiger partial charge in [-0.15, -0.1) is 0 Å². The monoisotopic (exact) mass is 249 g/mol. The average molecular weight is 249 g/mol. The van der Waals surface area contributed by atoms with E-state index in [0.717, 1.165) is 31.6 Å². The summed E-state index contributed by atoms with van der Waals surface area (Å²) in [7, 11) is 0. The van der Waals surface area contributed by atoms with E-state index in [-0.39, 0.29) is 0 Å². The molecule has 0 aliphatic carbocycles. The fourth-order valence-electron chi connectivity index (χ4n) is 2.28. The Morgan fingerprint density at radius 1 is 1.22 bits per heavy atom. The van der Waals surface area contributed by atoms with Crippen molar-refractivity contribution in [1.82, 2.24) is 0 Å². The van der Waals surface area contributed by atoms with E-state index in [0.29, 0.717) is 12.0 Å². The van der Waals surface area contributed by atoms with Crippen molar-refractivity contribution in [1.29, 1.82) is 0 Å². The molecule has 2 nitrogen and oxygen atoms in total. The summed E-state index contributed by atoms with van der Waals surface area (Å²) in [5, 5.41) is 0. The predicted octanol–water partition coefficient (Wildman–Crippen LogP) is 4.01. The summed E-state index contributed by atoms with van der Waals surface area (Å²) in [5.41, 5.74) is 8.72. The van der Waals surface area contributed by atoms with Crippen LogP contribution in [-0.2, 0) is 0 Å². The van der Waals surface area contributed by atoms with Gasteiger partial charge in [0.2, 0.25) is 0 Å². The van der Waals surface area contributed by atoms with Crippen molar-refractivity contribution >= 4 is 0 Å². The first-order valence-corrected chi connectivity index (χ1v) is 7.07. The molecule has 0 heterocycles. The highest BCUT2D eigenvalue weighted by atomic mass is 16.5. The van der Waals surface area contributed by atoms with Crippen molar-refractivity contribution in [2.45, 2.75) is 58.9 Å². The highest BCUT2D eigenvalue weighted by Gasteiger charge is 2.11. The maximum atomic E-state index is 5.98. The van der Waals surface area contributed by atoms with E-state index >= 15 is 0 Å². The first-order valence-electron chi connectivity index (χ1n) is 7.07. The van der Waals surface area contributed by atoms with Crippen molar-refractivity contribution < 1.29 is 4.74 Å². The molecule has 0 aromatic heterocycles. The molecule has 1 rings (SSSR count). The summed E-state index contributed by atoms with van der Waals surface area (Å²) in [6.45, 7) is 9.33. The van der Waals surface area contributed by atoms with Crippen LogP contribution < -0.4 is 10.5 Å². The van der Waals surface area contributed by atoms with Crippen LogP contribution in [0.5, 0.6) is 5.75 Å². The number of nitrogens with two attached hydrogens (primary N) is 1. The van der Waals surface area contributed by atoms with Gasteiger partial charge in [0.15, 0.2) is 0 Å². The molecule has 18 heavy (non-hydrogen) atoms. The standard InChI is InChI=1S/C16H27NO/c1-5-14(17)8-7-12(3)16-10-9-15(18-6-2)11-13(16)4/h9-12,14H,5-8,17H2,1-4H3. The number of aryl methyl sites for hydroxylation is 1. The van der Waals surface area contributed by atoms with Gasteiger partial charge in [-0.05, 0) is 62.3 Å². The molecule has 2 N–H and O–H groups in total. The molecular formula is C16H27NO. The molecule has 1 aromatic rings. The summed E-state index contributed by atoms with van der Waals surface area (Å²) in [4.78, 5) is 0. The second-order valence-electron chi connectivity index (χ2n) is 5.10. The molecule has 0 aliphatic heterocycles. The first kappa shape index (κ1) is 15.0. The molecule has 0 amide bonds. The van der Waals surface area contributed by atoms with Crippen LogP contribution in [0, 0.1) is 6.92 Å². The van der Waals surface area contributed by atoms with Crippen LogP contribution in [0.2, 0.25) is 0 Å². The lowest BCUT2D eigenvalue weighted by molar-refractivity contribution is 0.340. The lowest BCUT2D eigenvalue weighted by Crippen LogP contribution is -2.19. The lowest BCUT2D eigenvalue weighted by Gasteiger charge is -2.17. The van der Waals surface area contributed by atoms with Gasteiger partial charge in [-0.1, -0.05) is 19.9 Å². The molecule has 0 fully saturated rings. The minimum atomic E-state index is 0.343. The molecule has 0 saturated carbocycles. The zero-order chi connectivity index (χ0) is 13.5. The van der Waals surface area contributed by atoms with Gasteiger partial charge in [0.05, 0.1) is 6.61 Å². The third-order valence-corrected chi connectivity index (χ3v) is 3.58. The summed E-state index contributed by atoms with van der Waals surface area (Å²) >= 11 is 0. The minimum Gasteiger partial charge on any atom is -0.494 e. The zero-order valence-corrected chi connectivity index (χ0v) is 12.2. The Labute approximate surface area is 112 Å². The maximum Gasteiger partial charge on any atom is 0.119 e. The smallest absolute Gasteiger partial charge is 0.119 e. The number of hydrogen-bond acceptors (Lipinski definition) is 2. The Balaban J connectivity index is 2.65. The van der Waals surface area contributed by atoms with E-state index < -0.39 is 0 Å². The third-order valence-electron chi connectivity index (χ3n) is 3.58. The SMILES string of the molecule is CCOc1ccc(C(C)CCC(N)CC)c(C)c1. The quantitative estimate of drug-likeness (QED) is 0.792. The minimum absolute atomic E-state index is 0.343. The second-order valence-corrected chi connectivity index (χ2v) is 5.10. The maximum absolute atomic E-state index is 5.98. The Bertz CT molecular complexity index is 362. The molecule has 0 bridgehead atoms. The fourth-order valence-corrected chi connectivity index (χ4v) is 2.28. The Kier molecular flexibility index (Phi) is 6.20. The molecule has 102 valence electrons. The fraction of sp³-hybridized carbons (Fsp3) is 0.625. The van der Waals surface area contributed by atoms with Gasteiger partial charge in [-0.2, -0.15) is 0 Å². The summed E-state index contributed by atoms with van der Waals surface area (Å²) in [5.74, 6) is 1.54. The van der Waals surface area contributed by atoms with Crippen LogP contribution in [0.25, 0.3) is 0 Å². The Morgan fingerprint density at radius 3 is 2.50 bits per heavy atom. The van der Waals surface area contributed by atoms with E-state index in [9.17, 15) is 0 Å². The second kappa shape index (κ2) is 7.42. The lowest BCUT2D eigenvalue weighted by atomic mass is 9.91. The van der Waals surface area contributed by atoms with Crippen molar-refractivity contribution in [3.8, 4) is 5.75 Å². The normalized spacial score (nSPS) is 14.3. The van der Waals surface area contributed by atoms with Gasteiger partial charge >= 0.3 is 0 Å². The van der Waals surface area contributed by atoms with Gasteiger partial charge < -0.3 is 10.5 Å². The van der Waals surface area contributed by atoms with E-state index in [2.05, 4.69) is 39.0 Å². The summed E-state index contributed by atoms with van der Waals surface area (Å²) in [6.07, 6.45) is 3.32. The van der Waals surface area contributed by atoms with Crippen LogP contribution >= 0.6 is 0 Å². The molecule has 2 heteroatoms. The van der Waals surface area contributed by atoms with Crippen LogP contribution in [0.15, 0.2) is 18.2 Å². The van der Waals surface area contributed by atoms with E-state index in [1.807, 2.05) is 6.92 Å². The summed E-state index contributed by atoms with van der Waals surface area (Å²) < 4.78 is 5.52. The molecule has 0 spiro atoms. The van der Waals surface area contributed by atoms with Gasteiger partial charge in [0, 0.05) is 6.04 Å². The van der Waals surface area contributed by atoms with Crippen LogP contribution in [0.3, 0.4) is 0 Å². The molecule has 0 aliphatic rings. The first-order chi connectivity index (χ1) is 8.58.